The van der Waals surface area contributed by atoms with Crippen molar-refractivity contribution < 1.29 is 28.6 Å². The molecule has 1 aromatic carbocycles. The number of amides is 2. The Hall–Kier alpha value is -2.19. The SMILES string of the molecule is O=C(O)C1CN(C(=O)C2CC(=O)N(c3ccc(Cl)c(F)c3)C2)CCO1. The van der Waals surface area contributed by atoms with Crippen molar-refractivity contribution in [2.45, 2.75) is 12.5 Å². The summed E-state index contributed by atoms with van der Waals surface area (Å²) in [5.41, 5.74) is 0.340. The normalized spacial score (nSPS) is 23.8. The number of nitrogens with zero attached hydrogens (tertiary/aromatic N) is 2. The minimum atomic E-state index is -1.13. The van der Waals surface area contributed by atoms with Gasteiger partial charge in [0.05, 0.1) is 24.1 Å². The van der Waals surface area contributed by atoms with Gasteiger partial charge in [-0.05, 0) is 18.2 Å². The molecule has 2 unspecified atom stereocenters. The maximum absolute atomic E-state index is 13.6. The molecule has 25 heavy (non-hydrogen) atoms. The second-order valence-electron chi connectivity index (χ2n) is 5.99. The van der Waals surface area contributed by atoms with Gasteiger partial charge < -0.3 is 19.6 Å². The van der Waals surface area contributed by atoms with E-state index in [0.29, 0.717) is 5.69 Å². The van der Waals surface area contributed by atoms with E-state index in [9.17, 15) is 18.8 Å². The first-order chi connectivity index (χ1) is 11.9. The fraction of sp³-hybridized carbons (Fsp3) is 0.438. The number of rotatable bonds is 3. The van der Waals surface area contributed by atoms with Crippen LogP contribution in [0.3, 0.4) is 0 Å². The first kappa shape index (κ1) is 17.6. The molecule has 2 aliphatic heterocycles. The molecule has 134 valence electrons. The van der Waals surface area contributed by atoms with Crippen LogP contribution in [0.15, 0.2) is 18.2 Å². The van der Waals surface area contributed by atoms with Gasteiger partial charge in [-0.3, -0.25) is 9.59 Å². The minimum Gasteiger partial charge on any atom is -0.479 e. The highest BCUT2D eigenvalue weighted by molar-refractivity contribution is 6.30. The van der Waals surface area contributed by atoms with Crippen molar-refractivity contribution in [1.82, 2.24) is 4.90 Å². The summed E-state index contributed by atoms with van der Waals surface area (Å²) in [7, 11) is 0. The fourth-order valence-electron chi connectivity index (χ4n) is 3.03. The number of morpholine rings is 1. The monoisotopic (exact) mass is 370 g/mol. The van der Waals surface area contributed by atoms with E-state index in [4.69, 9.17) is 21.4 Å². The largest absolute Gasteiger partial charge is 0.479 e. The number of hydrogen-bond acceptors (Lipinski definition) is 4. The molecule has 0 aromatic heterocycles. The number of carboxylic acids is 1. The molecule has 2 fully saturated rings. The van der Waals surface area contributed by atoms with E-state index in [1.165, 1.54) is 21.9 Å². The van der Waals surface area contributed by atoms with Gasteiger partial charge in [-0.2, -0.15) is 0 Å². The van der Waals surface area contributed by atoms with E-state index < -0.39 is 23.8 Å². The number of ether oxygens (including phenoxy) is 1. The van der Waals surface area contributed by atoms with Crippen molar-refractivity contribution in [3.05, 3.63) is 29.0 Å². The Bertz CT molecular complexity index is 728. The van der Waals surface area contributed by atoms with E-state index >= 15 is 0 Å². The van der Waals surface area contributed by atoms with Gasteiger partial charge in [0.15, 0.2) is 6.10 Å². The summed E-state index contributed by atoms with van der Waals surface area (Å²) in [6.45, 7) is 0.487. The predicted octanol–water partition coefficient (Wildman–Crippen LogP) is 1.14. The number of carbonyl (C=O) groups excluding carboxylic acids is 2. The molecule has 0 spiro atoms. The lowest BCUT2D eigenvalue weighted by molar-refractivity contribution is -0.160. The van der Waals surface area contributed by atoms with Crippen LogP contribution in [-0.2, 0) is 19.1 Å². The second-order valence-corrected chi connectivity index (χ2v) is 6.39. The minimum absolute atomic E-state index is 0.00181. The number of benzene rings is 1. The van der Waals surface area contributed by atoms with Gasteiger partial charge in [0.1, 0.15) is 5.82 Å². The Kier molecular flexibility index (Phi) is 4.91. The zero-order valence-electron chi connectivity index (χ0n) is 13.2. The van der Waals surface area contributed by atoms with Gasteiger partial charge in [-0.25, -0.2) is 9.18 Å². The number of hydrogen-bond donors (Lipinski definition) is 1. The molecule has 2 amide bonds. The quantitative estimate of drug-likeness (QED) is 0.862. The molecule has 0 radical (unpaired) electrons. The second kappa shape index (κ2) is 6.97. The molecule has 0 aliphatic carbocycles. The molecule has 2 atom stereocenters. The predicted molar refractivity (Wildman–Crippen MR) is 85.8 cm³/mol. The summed E-state index contributed by atoms with van der Waals surface area (Å²) in [6.07, 6.45) is -1.06. The lowest BCUT2D eigenvalue weighted by Crippen LogP contribution is -2.50. The van der Waals surface area contributed by atoms with Crippen molar-refractivity contribution in [3.63, 3.8) is 0 Å². The molecule has 0 saturated carbocycles. The molecular formula is C16H16ClFN2O5. The van der Waals surface area contributed by atoms with Crippen molar-refractivity contribution in [1.29, 1.82) is 0 Å². The van der Waals surface area contributed by atoms with E-state index in [-0.39, 0.29) is 49.5 Å². The van der Waals surface area contributed by atoms with Crippen LogP contribution in [0.4, 0.5) is 10.1 Å². The highest BCUT2D eigenvalue weighted by Gasteiger charge is 2.39. The third kappa shape index (κ3) is 3.59. The first-order valence-corrected chi connectivity index (χ1v) is 8.13. The van der Waals surface area contributed by atoms with E-state index in [1.807, 2.05) is 0 Å². The molecule has 1 N–H and O–H groups in total. The average Bonchev–Trinajstić information content (AvgIpc) is 2.98. The zero-order valence-corrected chi connectivity index (χ0v) is 13.9. The summed E-state index contributed by atoms with van der Waals surface area (Å²) >= 11 is 5.64. The van der Waals surface area contributed by atoms with Gasteiger partial charge in [-0.1, -0.05) is 11.6 Å². The third-order valence-corrected chi connectivity index (χ3v) is 4.65. The van der Waals surface area contributed by atoms with Crippen molar-refractivity contribution >= 4 is 35.1 Å². The van der Waals surface area contributed by atoms with Crippen LogP contribution in [0, 0.1) is 11.7 Å². The summed E-state index contributed by atoms with van der Waals surface area (Å²) in [4.78, 5) is 38.6. The zero-order chi connectivity index (χ0) is 18.1. The molecule has 1 aromatic rings. The highest BCUT2D eigenvalue weighted by atomic mass is 35.5. The van der Waals surface area contributed by atoms with Crippen LogP contribution in [0.1, 0.15) is 6.42 Å². The molecular weight excluding hydrogens is 355 g/mol. The Morgan fingerprint density at radius 2 is 2.08 bits per heavy atom. The number of carboxylic acid groups (broad SMARTS) is 1. The van der Waals surface area contributed by atoms with E-state index in [1.54, 1.807) is 0 Å². The Labute approximate surface area is 147 Å². The van der Waals surface area contributed by atoms with Crippen molar-refractivity contribution in [2.75, 3.05) is 31.1 Å². The summed E-state index contributed by atoms with van der Waals surface area (Å²) < 4.78 is 18.7. The smallest absolute Gasteiger partial charge is 0.334 e. The number of halogens is 2. The highest BCUT2D eigenvalue weighted by Crippen LogP contribution is 2.29. The molecule has 0 bridgehead atoms. The van der Waals surface area contributed by atoms with Crippen LogP contribution in [0.25, 0.3) is 0 Å². The first-order valence-electron chi connectivity index (χ1n) is 7.75. The topological polar surface area (TPSA) is 87.2 Å². The number of anilines is 1. The van der Waals surface area contributed by atoms with E-state index in [2.05, 4.69) is 0 Å². The van der Waals surface area contributed by atoms with Gasteiger partial charge in [-0.15, -0.1) is 0 Å². The van der Waals surface area contributed by atoms with Gasteiger partial charge >= 0.3 is 5.97 Å². The Balaban J connectivity index is 1.70. The Morgan fingerprint density at radius 3 is 2.76 bits per heavy atom. The number of aliphatic carboxylic acids is 1. The lowest BCUT2D eigenvalue weighted by Gasteiger charge is -2.32. The number of carbonyl (C=O) groups is 3. The molecule has 2 heterocycles. The van der Waals surface area contributed by atoms with Crippen LogP contribution in [-0.4, -0.2) is 60.1 Å². The maximum Gasteiger partial charge on any atom is 0.334 e. The van der Waals surface area contributed by atoms with Crippen molar-refractivity contribution in [2.24, 2.45) is 5.92 Å². The summed E-state index contributed by atoms with van der Waals surface area (Å²) in [6, 6.07) is 4.03. The third-order valence-electron chi connectivity index (χ3n) is 4.34. The van der Waals surface area contributed by atoms with Crippen LogP contribution >= 0.6 is 11.6 Å². The lowest BCUT2D eigenvalue weighted by atomic mass is 10.1. The summed E-state index contributed by atoms with van der Waals surface area (Å²) in [5.74, 6) is -2.95. The molecule has 2 saturated heterocycles. The van der Waals surface area contributed by atoms with Gasteiger partial charge in [0, 0.05) is 25.2 Å². The average molecular weight is 371 g/mol. The summed E-state index contributed by atoms with van der Waals surface area (Å²) in [5, 5.41) is 8.97. The molecule has 9 heteroatoms. The molecule has 2 aliphatic rings. The van der Waals surface area contributed by atoms with Crippen molar-refractivity contribution in [3.8, 4) is 0 Å². The maximum atomic E-state index is 13.6. The van der Waals surface area contributed by atoms with E-state index in [0.717, 1.165) is 6.07 Å². The van der Waals surface area contributed by atoms with Crippen LogP contribution < -0.4 is 4.90 Å². The fourth-order valence-corrected chi connectivity index (χ4v) is 3.15. The molecule has 7 nitrogen and oxygen atoms in total. The van der Waals surface area contributed by atoms with Gasteiger partial charge in [0.2, 0.25) is 11.8 Å². The standard InChI is InChI=1S/C16H16ClFN2O5/c17-11-2-1-10(6-12(11)18)20-7-9(5-14(20)21)15(22)19-3-4-25-13(8-19)16(23)24/h1-2,6,9,13H,3-5,7-8H2,(H,23,24). The Morgan fingerprint density at radius 1 is 1.32 bits per heavy atom. The molecule has 3 rings (SSSR count). The van der Waals surface area contributed by atoms with Crippen LogP contribution in [0.2, 0.25) is 5.02 Å². The van der Waals surface area contributed by atoms with Crippen LogP contribution in [0.5, 0.6) is 0 Å². The van der Waals surface area contributed by atoms with Gasteiger partial charge in [0.25, 0.3) is 0 Å².